The molecule has 0 aromatic heterocycles. The molecule has 0 amide bonds. The summed E-state index contributed by atoms with van der Waals surface area (Å²) in [5.74, 6) is 1.51. The summed E-state index contributed by atoms with van der Waals surface area (Å²) in [5, 5.41) is 6.60. The van der Waals surface area contributed by atoms with Crippen molar-refractivity contribution in [3.05, 3.63) is 23.8 Å². The molecule has 0 fully saturated rings. The van der Waals surface area contributed by atoms with Gasteiger partial charge in [-0.3, -0.25) is 0 Å². The van der Waals surface area contributed by atoms with Crippen molar-refractivity contribution in [2.24, 2.45) is 0 Å². The molecule has 1 atom stereocenters. The lowest BCUT2D eigenvalue weighted by Crippen LogP contribution is -2.18. The van der Waals surface area contributed by atoms with Crippen molar-refractivity contribution < 1.29 is 4.74 Å². The molecule has 0 radical (unpaired) electrons. The van der Waals surface area contributed by atoms with E-state index in [9.17, 15) is 0 Å². The van der Waals surface area contributed by atoms with E-state index in [0.717, 1.165) is 24.5 Å². The highest BCUT2D eigenvalue weighted by Gasteiger charge is 2.23. The van der Waals surface area contributed by atoms with Crippen LogP contribution in [0.1, 0.15) is 11.5 Å². The van der Waals surface area contributed by atoms with E-state index in [-0.39, 0.29) is 0 Å². The van der Waals surface area contributed by atoms with E-state index in [1.165, 1.54) is 5.56 Å². The lowest BCUT2D eigenvalue weighted by Gasteiger charge is -2.09. The van der Waals surface area contributed by atoms with Gasteiger partial charge in [-0.2, -0.15) is 0 Å². The number of para-hydroxylation sites is 1. The van der Waals surface area contributed by atoms with E-state index in [0.29, 0.717) is 5.92 Å². The van der Waals surface area contributed by atoms with Crippen molar-refractivity contribution in [1.29, 1.82) is 0 Å². The van der Waals surface area contributed by atoms with Gasteiger partial charge in [-0.1, -0.05) is 12.1 Å². The Morgan fingerprint density at radius 1 is 1.57 bits per heavy atom. The number of anilines is 1. The zero-order valence-corrected chi connectivity index (χ0v) is 8.63. The molecule has 1 heterocycles. The molecule has 0 saturated heterocycles. The SMILES string of the molecule is CNCC1CNc2c(OC)cccc21. The van der Waals surface area contributed by atoms with Crippen LogP contribution in [0.3, 0.4) is 0 Å². The number of hydrogen-bond donors (Lipinski definition) is 2. The van der Waals surface area contributed by atoms with Gasteiger partial charge in [0.05, 0.1) is 12.8 Å². The molecular weight excluding hydrogens is 176 g/mol. The van der Waals surface area contributed by atoms with Crippen molar-refractivity contribution >= 4 is 5.69 Å². The van der Waals surface area contributed by atoms with Gasteiger partial charge in [0.1, 0.15) is 5.75 Å². The Bertz CT molecular complexity index is 325. The topological polar surface area (TPSA) is 33.3 Å². The smallest absolute Gasteiger partial charge is 0.142 e. The van der Waals surface area contributed by atoms with Crippen LogP contribution in [-0.4, -0.2) is 27.2 Å². The molecule has 76 valence electrons. The van der Waals surface area contributed by atoms with Crippen molar-refractivity contribution in [1.82, 2.24) is 5.32 Å². The Hall–Kier alpha value is -1.22. The lowest BCUT2D eigenvalue weighted by atomic mass is 10.0. The summed E-state index contributed by atoms with van der Waals surface area (Å²) in [6.07, 6.45) is 0. The number of hydrogen-bond acceptors (Lipinski definition) is 3. The molecule has 1 aliphatic heterocycles. The maximum atomic E-state index is 5.30. The van der Waals surface area contributed by atoms with Gasteiger partial charge in [0.2, 0.25) is 0 Å². The van der Waals surface area contributed by atoms with Crippen molar-refractivity contribution in [2.75, 3.05) is 32.6 Å². The highest BCUT2D eigenvalue weighted by molar-refractivity contribution is 5.66. The Morgan fingerprint density at radius 3 is 3.14 bits per heavy atom. The third-order valence-corrected chi connectivity index (χ3v) is 2.69. The quantitative estimate of drug-likeness (QED) is 0.760. The van der Waals surface area contributed by atoms with Crippen LogP contribution in [0.25, 0.3) is 0 Å². The van der Waals surface area contributed by atoms with E-state index >= 15 is 0 Å². The molecule has 3 heteroatoms. The second kappa shape index (κ2) is 3.88. The minimum absolute atomic E-state index is 0.560. The average Bonchev–Trinajstić information content (AvgIpc) is 2.62. The van der Waals surface area contributed by atoms with Crippen molar-refractivity contribution in [2.45, 2.75) is 5.92 Å². The first-order valence-electron chi connectivity index (χ1n) is 4.92. The monoisotopic (exact) mass is 192 g/mol. The van der Waals surface area contributed by atoms with E-state index < -0.39 is 0 Å². The Morgan fingerprint density at radius 2 is 2.43 bits per heavy atom. The van der Waals surface area contributed by atoms with Crippen LogP contribution in [0.2, 0.25) is 0 Å². The minimum atomic E-state index is 0.560. The summed E-state index contributed by atoms with van der Waals surface area (Å²) in [7, 11) is 3.70. The van der Waals surface area contributed by atoms with Gasteiger partial charge < -0.3 is 15.4 Å². The van der Waals surface area contributed by atoms with Crippen molar-refractivity contribution in [3.8, 4) is 5.75 Å². The first kappa shape index (κ1) is 9.34. The van der Waals surface area contributed by atoms with Crippen LogP contribution >= 0.6 is 0 Å². The van der Waals surface area contributed by atoms with E-state index in [4.69, 9.17) is 4.74 Å². The number of fused-ring (bicyclic) bond motifs is 1. The second-order valence-electron chi connectivity index (χ2n) is 3.56. The first-order valence-corrected chi connectivity index (χ1v) is 4.92. The van der Waals surface area contributed by atoms with Gasteiger partial charge in [0.15, 0.2) is 0 Å². The van der Waals surface area contributed by atoms with Crippen LogP contribution in [0.5, 0.6) is 5.75 Å². The number of nitrogens with one attached hydrogen (secondary N) is 2. The molecule has 1 aromatic rings. The zero-order valence-electron chi connectivity index (χ0n) is 8.63. The molecule has 1 aromatic carbocycles. The van der Waals surface area contributed by atoms with Crippen LogP contribution in [0, 0.1) is 0 Å². The molecule has 3 nitrogen and oxygen atoms in total. The summed E-state index contributed by atoms with van der Waals surface area (Å²) in [6.45, 7) is 2.00. The molecular formula is C11H16N2O. The Kier molecular flexibility index (Phi) is 2.59. The van der Waals surface area contributed by atoms with E-state index in [2.05, 4.69) is 16.7 Å². The lowest BCUT2D eigenvalue weighted by molar-refractivity contribution is 0.416. The van der Waals surface area contributed by atoms with Gasteiger partial charge >= 0.3 is 0 Å². The standard InChI is InChI=1S/C11H16N2O/c1-12-6-8-7-13-11-9(8)4-3-5-10(11)14-2/h3-5,8,12-13H,6-7H2,1-2H3. The molecule has 0 bridgehead atoms. The maximum absolute atomic E-state index is 5.30. The van der Waals surface area contributed by atoms with Crippen molar-refractivity contribution in [3.63, 3.8) is 0 Å². The Labute approximate surface area is 84.5 Å². The third kappa shape index (κ3) is 1.44. The van der Waals surface area contributed by atoms with Crippen LogP contribution in [0.15, 0.2) is 18.2 Å². The summed E-state index contributed by atoms with van der Waals surface area (Å²) in [6, 6.07) is 6.21. The molecule has 2 rings (SSSR count). The zero-order chi connectivity index (χ0) is 9.97. The van der Waals surface area contributed by atoms with Gasteiger partial charge in [0, 0.05) is 19.0 Å². The largest absolute Gasteiger partial charge is 0.495 e. The fourth-order valence-electron chi connectivity index (χ4n) is 2.01. The minimum Gasteiger partial charge on any atom is -0.495 e. The van der Waals surface area contributed by atoms with Crippen LogP contribution in [0.4, 0.5) is 5.69 Å². The molecule has 1 unspecified atom stereocenters. The molecule has 14 heavy (non-hydrogen) atoms. The molecule has 0 aliphatic carbocycles. The second-order valence-corrected chi connectivity index (χ2v) is 3.56. The predicted molar refractivity (Wildman–Crippen MR) is 58.2 cm³/mol. The molecule has 2 N–H and O–H groups in total. The number of likely N-dealkylation sites (N-methyl/N-ethyl adjacent to an activating group) is 1. The van der Waals surface area contributed by atoms with Gasteiger partial charge in [0.25, 0.3) is 0 Å². The third-order valence-electron chi connectivity index (χ3n) is 2.69. The summed E-state index contributed by atoms with van der Waals surface area (Å²) < 4.78 is 5.30. The number of ether oxygens (including phenoxy) is 1. The predicted octanol–water partition coefficient (Wildman–Crippen LogP) is 1.42. The fraction of sp³-hybridized carbons (Fsp3) is 0.455. The highest BCUT2D eigenvalue weighted by Crippen LogP contribution is 2.37. The number of rotatable bonds is 3. The summed E-state index contributed by atoms with van der Waals surface area (Å²) in [5.41, 5.74) is 2.52. The molecule has 0 spiro atoms. The highest BCUT2D eigenvalue weighted by atomic mass is 16.5. The van der Waals surface area contributed by atoms with Crippen LogP contribution < -0.4 is 15.4 Å². The maximum Gasteiger partial charge on any atom is 0.142 e. The number of benzene rings is 1. The van der Waals surface area contributed by atoms with E-state index in [1.54, 1.807) is 7.11 Å². The summed E-state index contributed by atoms with van der Waals surface area (Å²) >= 11 is 0. The van der Waals surface area contributed by atoms with Gasteiger partial charge in [-0.05, 0) is 18.7 Å². The molecule has 0 saturated carbocycles. The summed E-state index contributed by atoms with van der Waals surface area (Å²) in [4.78, 5) is 0. The molecule has 1 aliphatic rings. The Balaban J connectivity index is 2.31. The average molecular weight is 192 g/mol. The van der Waals surface area contributed by atoms with Gasteiger partial charge in [-0.15, -0.1) is 0 Å². The van der Waals surface area contributed by atoms with Gasteiger partial charge in [-0.25, -0.2) is 0 Å². The van der Waals surface area contributed by atoms with Crippen LogP contribution in [-0.2, 0) is 0 Å². The number of methoxy groups -OCH3 is 1. The van der Waals surface area contributed by atoms with E-state index in [1.807, 2.05) is 19.2 Å². The fourth-order valence-corrected chi connectivity index (χ4v) is 2.01. The first-order chi connectivity index (χ1) is 6.86. The normalized spacial score (nSPS) is 18.9.